The van der Waals surface area contributed by atoms with Crippen LogP contribution >= 0.6 is 0 Å². The Hall–Kier alpha value is 1.10. The van der Waals surface area contributed by atoms with Crippen molar-refractivity contribution in [3.05, 3.63) is 13.8 Å². The summed E-state index contributed by atoms with van der Waals surface area (Å²) in [5.41, 5.74) is 0. The third kappa shape index (κ3) is 47.7. The minimum absolute atomic E-state index is 0. The van der Waals surface area contributed by atoms with Crippen LogP contribution in [0, 0.1) is 13.8 Å². The van der Waals surface area contributed by atoms with Gasteiger partial charge in [0.05, 0.1) is 0 Å². The van der Waals surface area contributed by atoms with Crippen LogP contribution in [0.3, 0.4) is 0 Å². The van der Waals surface area contributed by atoms with Gasteiger partial charge in [-0.2, -0.15) is 12.8 Å². The molecule has 0 N–H and O–H groups in total. The van der Waals surface area contributed by atoms with Crippen LogP contribution in [-0.4, -0.2) is 0 Å². The van der Waals surface area contributed by atoms with Crippen molar-refractivity contribution < 1.29 is 32.7 Å². The van der Waals surface area contributed by atoms with Crippen LogP contribution in [0.15, 0.2) is 0 Å². The molecule has 0 aromatic rings. The maximum Gasteiger partial charge on any atom is 0 e. The Kier molecular flexibility index (Phi) is 42.3. The van der Waals surface area contributed by atoms with E-state index in [1.54, 1.807) is 0 Å². The van der Waals surface area contributed by atoms with Gasteiger partial charge in [0, 0.05) is 32.7 Å². The van der Waals surface area contributed by atoms with Crippen LogP contribution in [0.2, 0.25) is 0 Å². The summed E-state index contributed by atoms with van der Waals surface area (Å²) in [4.78, 5) is 0. The van der Waals surface area contributed by atoms with Crippen LogP contribution < -0.4 is 0 Å². The topological polar surface area (TPSA) is 0 Å². The zero-order valence-corrected chi connectivity index (χ0v) is 9.66. The van der Waals surface area contributed by atoms with Gasteiger partial charge < -0.3 is 13.8 Å². The molecule has 0 bridgehead atoms. The second kappa shape index (κ2) is 23.0. The Morgan fingerprint density at radius 3 is 1.44 bits per heavy atom. The SMILES string of the molecule is [CH2-]CC.[CH2-]CCCC.[Y]. The maximum absolute atomic E-state index is 3.68. The van der Waals surface area contributed by atoms with Gasteiger partial charge in [-0.15, -0.1) is 0 Å². The fraction of sp³-hybridized carbons (Fsp3) is 0.750. The van der Waals surface area contributed by atoms with Gasteiger partial charge in [-0.25, -0.2) is 0 Å². The number of hydrogen-bond acceptors (Lipinski definition) is 0. The first-order valence-electron chi connectivity index (χ1n) is 3.41. The van der Waals surface area contributed by atoms with Crippen molar-refractivity contribution in [2.75, 3.05) is 0 Å². The second-order valence-electron chi connectivity index (χ2n) is 1.71. The van der Waals surface area contributed by atoms with Crippen molar-refractivity contribution >= 4 is 0 Å². The van der Waals surface area contributed by atoms with E-state index in [1.165, 1.54) is 12.8 Å². The average Bonchev–Trinajstić information content (AvgIpc) is 1.71. The molecule has 0 aliphatic carbocycles. The second-order valence-corrected chi connectivity index (χ2v) is 1.71. The molecule has 55 valence electrons. The van der Waals surface area contributed by atoms with Gasteiger partial charge >= 0.3 is 0 Å². The summed E-state index contributed by atoms with van der Waals surface area (Å²) in [6.07, 6.45) is 4.65. The molecule has 0 amide bonds. The van der Waals surface area contributed by atoms with E-state index in [0.29, 0.717) is 0 Å². The molecule has 0 aliphatic heterocycles. The summed E-state index contributed by atoms with van der Waals surface area (Å²) in [6, 6.07) is 0. The molecule has 0 saturated carbocycles. The monoisotopic (exact) mass is 203 g/mol. The molecule has 9 heavy (non-hydrogen) atoms. The van der Waals surface area contributed by atoms with Gasteiger partial charge in [-0.05, 0) is 0 Å². The zero-order chi connectivity index (χ0) is 6.83. The van der Waals surface area contributed by atoms with E-state index in [-0.39, 0.29) is 32.7 Å². The normalized spacial score (nSPS) is 6.67. The first-order valence-corrected chi connectivity index (χ1v) is 3.41. The van der Waals surface area contributed by atoms with Gasteiger partial charge in [0.15, 0.2) is 0 Å². The molecule has 0 nitrogen and oxygen atoms in total. The first-order chi connectivity index (χ1) is 3.83. The molecule has 0 unspecified atom stereocenters. The van der Waals surface area contributed by atoms with Crippen molar-refractivity contribution in [2.45, 2.75) is 39.5 Å². The fourth-order valence-electron chi connectivity index (χ4n) is 0.250. The van der Waals surface area contributed by atoms with Crippen molar-refractivity contribution in [1.29, 1.82) is 0 Å². The predicted octanol–water partition coefficient (Wildman–Crippen LogP) is 3.24. The summed E-state index contributed by atoms with van der Waals surface area (Å²) < 4.78 is 0. The standard InChI is InChI=1S/C5H11.C3H7.Y/c1-3-5-4-2;1-3-2;/h1,3-5H2,2H3;1,3H2,2H3;/q2*-1;. The van der Waals surface area contributed by atoms with Gasteiger partial charge in [0.2, 0.25) is 0 Å². The van der Waals surface area contributed by atoms with Crippen LogP contribution in [0.1, 0.15) is 39.5 Å². The Morgan fingerprint density at radius 1 is 1.11 bits per heavy atom. The van der Waals surface area contributed by atoms with Crippen LogP contribution in [0.4, 0.5) is 0 Å². The summed E-state index contributed by atoms with van der Waals surface area (Å²) >= 11 is 0. The molecule has 0 aromatic heterocycles. The summed E-state index contributed by atoms with van der Waals surface area (Å²) in [6.45, 7) is 11.3. The van der Waals surface area contributed by atoms with Crippen LogP contribution in [0.25, 0.3) is 0 Å². The number of unbranched alkanes of at least 4 members (excludes halogenated alkanes) is 2. The fourth-order valence-corrected chi connectivity index (χ4v) is 0.250. The Morgan fingerprint density at radius 2 is 1.44 bits per heavy atom. The molecule has 0 heterocycles. The zero-order valence-electron chi connectivity index (χ0n) is 6.82. The summed E-state index contributed by atoms with van der Waals surface area (Å²) in [5.74, 6) is 0. The van der Waals surface area contributed by atoms with Crippen LogP contribution in [-0.2, 0) is 32.7 Å². The molecule has 1 radical (unpaired) electrons. The Balaban J connectivity index is -0.0000000800. The molecule has 0 saturated heterocycles. The summed E-state index contributed by atoms with van der Waals surface area (Å²) in [7, 11) is 0. The Bertz CT molecular complexity index is 18.5. The van der Waals surface area contributed by atoms with Gasteiger partial charge in [-0.1, -0.05) is 26.7 Å². The maximum atomic E-state index is 3.68. The van der Waals surface area contributed by atoms with Gasteiger partial charge in [0.25, 0.3) is 0 Å². The van der Waals surface area contributed by atoms with E-state index < -0.39 is 0 Å². The molecule has 0 fully saturated rings. The quantitative estimate of drug-likeness (QED) is 0.604. The van der Waals surface area contributed by atoms with Crippen molar-refractivity contribution in [3.63, 3.8) is 0 Å². The predicted molar refractivity (Wildman–Crippen MR) is 40.5 cm³/mol. The summed E-state index contributed by atoms with van der Waals surface area (Å²) in [5, 5.41) is 0. The van der Waals surface area contributed by atoms with Crippen molar-refractivity contribution in [2.24, 2.45) is 0 Å². The molecular formula is C8H18Y-2. The molecule has 0 spiro atoms. The molecule has 0 atom stereocenters. The first kappa shape index (κ1) is 16.6. The van der Waals surface area contributed by atoms with E-state index in [9.17, 15) is 0 Å². The average molecular weight is 203 g/mol. The third-order valence-corrected chi connectivity index (χ3v) is 0.604. The number of hydrogen-bond donors (Lipinski definition) is 0. The molecule has 0 aliphatic rings. The third-order valence-electron chi connectivity index (χ3n) is 0.604. The van der Waals surface area contributed by atoms with E-state index in [1.807, 2.05) is 6.92 Å². The molecule has 1 heteroatoms. The van der Waals surface area contributed by atoms with E-state index in [0.717, 1.165) is 12.8 Å². The molecule has 0 aromatic carbocycles. The number of rotatable bonds is 2. The van der Waals surface area contributed by atoms with Crippen molar-refractivity contribution in [1.82, 2.24) is 0 Å². The van der Waals surface area contributed by atoms with Crippen molar-refractivity contribution in [3.8, 4) is 0 Å². The molecular weight excluding hydrogens is 185 g/mol. The molecule has 0 rings (SSSR count). The minimum atomic E-state index is 0. The largest absolute Gasteiger partial charge is 0.344 e. The van der Waals surface area contributed by atoms with E-state index >= 15 is 0 Å². The van der Waals surface area contributed by atoms with E-state index in [4.69, 9.17) is 0 Å². The smallest absolute Gasteiger partial charge is 0 e. The Labute approximate surface area is 85.7 Å². The minimum Gasteiger partial charge on any atom is -0.344 e. The van der Waals surface area contributed by atoms with Gasteiger partial charge in [0.1, 0.15) is 0 Å². The van der Waals surface area contributed by atoms with Gasteiger partial charge in [-0.3, -0.25) is 0 Å². The van der Waals surface area contributed by atoms with Crippen LogP contribution in [0.5, 0.6) is 0 Å². The van der Waals surface area contributed by atoms with E-state index in [2.05, 4.69) is 20.8 Å².